The molecule has 2 nitrogen and oxygen atoms in total. The molecular weight excluding hydrogens is 301 g/mol. The Labute approximate surface area is 125 Å². The highest BCUT2D eigenvalue weighted by molar-refractivity contribution is 6.18. The average Bonchev–Trinajstić information content (AvgIpc) is 2.42. The van der Waals surface area contributed by atoms with Crippen LogP contribution in [0.2, 0.25) is 0 Å². The highest BCUT2D eigenvalue weighted by Crippen LogP contribution is 2.38. The molecular formula is C15H14ClF3N2. The quantitative estimate of drug-likeness (QED) is 0.655. The van der Waals surface area contributed by atoms with Crippen molar-refractivity contribution < 1.29 is 13.2 Å². The van der Waals surface area contributed by atoms with Crippen LogP contribution < -0.4 is 11.5 Å². The number of anilines is 2. The highest BCUT2D eigenvalue weighted by atomic mass is 35.5. The summed E-state index contributed by atoms with van der Waals surface area (Å²) in [5, 5.41) is 0. The molecule has 0 aliphatic rings. The Morgan fingerprint density at radius 1 is 1.00 bits per heavy atom. The molecule has 0 heterocycles. The Morgan fingerprint density at radius 2 is 1.62 bits per heavy atom. The maximum atomic E-state index is 12.8. The van der Waals surface area contributed by atoms with E-state index in [2.05, 4.69) is 0 Å². The van der Waals surface area contributed by atoms with Crippen LogP contribution in [0.3, 0.4) is 0 Å². The van der Waals surface area contributed by atoms with E-state index in [-0.39, 0.29) is 16.9 Å². The third-order valence-corrected chi connectivity index (χ3v) is 3.38. The van der Waals surface area contributed by atoms with Gasteiger partial charge in [0.25, 0.3) is 0 Å². The van der Waals surface area contributed by atoms with E-state index in [1.165, 1.54) is 0 Å². The van der Waals surface area contributed by atoms with Crippen LogP contribution in [0.15, 0.2) is 36.4 Å². The summed E-state index contributed by atoms with van der Waals surface area (Å²) < 4.78 is 38.5. The molecule has 0 amide bonds. The topological polar surface area (TPSA) is 52.0 Å². The van der Waals surface area contributed by atoms with E-state index in [9.17, 15) is 13.2 Å². The molecule has 0 aromatic heterocycles. The minimum absolute atomic E-state index is 0.0790. The standard InChI is InChI=1S/C15H14ClF3N2/c16-6-5-9-1-3-10(4-2-9)12-7-11(15(17,18)19)8-13(20)14(12)21/h1-4,7-8H,5-6,20-21H2. The van der Waals surface area contributed by atoms with E-state index >= 15 is 0 Å². The van der Waals surface area contributed by atoms with Crippen LogP contribution in [0, 0.1) is 0 Å². The molecule has 6 heteroatoms. The second-order valence-corrected chi connectivity index (χ2v) is 5.04. The summed E-state index contributed by atoms with van der Waals surface area (Å²) in [6, 6.07) is 8.92. The van der Waals surface area contributed by atoms with Crippen LogP contribution in [-0.4, -0.2) is 5.88 Å². The van der Waals surface area contributed by atoms with Gasteiger partial charge >= 0.3 is 6.18 Å². The summed E-state index contributed by atoms with van der Waals surface area (Å²) in [4.78, 5) is 0. The molecule has 0 saturated carbocycles. The highest BCUT2D eigenvalue weighted by Gasteiger charge is 2.31. The number of alkyl halides is 4. The average molecular weight is 315 g/mol. The Kier molecular flexibility index (Phi) is 4.32. The largest absolute Gasteiger partial charge is 0.416 e. The predicted octanol–water partition coefficient (Wildman–Crippen LogP) is 4.32. The van der Waals surface area contributed by atoms with Crippen molar-refractivity contribution >= 4 is 23.0 Å². The molecule has 21 heavy (non-hydrogen) atoms. The fourth-order valence-corrected chi connectivity index (χ4v) is 2.26. The molecule has 0 spiro atoms. The lowest BCUT2D eigenvalue weighted by atomic mass is 9.98. The number of halogens is 4. The van der Waals surface area contributed by atoms with E-state index < -0.39 is 11.7 Å². The number of hydrogen-bond donors (Lipinski definition) is 2. The molecule has 2 aromatic rings. The van der Waals surface area contributed by atoms with Crippen molar-refractivity contribution in [2.75, 3.05) is 17.3 Å². The molecule has 0 radical (unpaired) electrons. The number of rotatable bonds is 3. The van der Waals surface area contributed by atoms with Gasteiger partial charge in [-0.1, -0.05) is 24.3 Å². The third-order valence-electron chi connectivity index (χ3n) is 3.19. The van der Waals surface area contributed by atoms with Gasteiger partial charge in [-0.2, -0.15) is 13.2 Å². The number of nitrogens with two attached hydrogens (primary N) is 2. The van der Waals surface area contributed by atoms with Crippen molar-refractivity contribution in [3.05, 3.63) is 47.5 Å². The van der Waals surface area contributed by atoms with Crippen LogP contribution in [0.5, 0.6) is 0 Å². The zero-order chi connectivity index (χ0) is 15.6. The third kappa shape index (κ3) is 3.42. The maximum absolute atomic E-state index is 12.8. The van der Waals surface area contributed by atoms with Gasteiger partial charge in [0.05, 0.1) is 16.9 Å². The summed E-state index contributed by atoms with van der Waals surface area (Å²) in [6.07, 6.45) is -3.77. The van der Waals surface area contributed by atoms with Gasteiger partial charge in [-0.05, 0) is 29.7 Å². The van der Waals surface area contributed by atoms with Crippen molar-refractivity contribution in [1.29, 1.82) is 0 Å². The van der Waals surface area contributed by atoms with E-state index in [0.29, 0.717) is 17.9 Å². The van der Waals surface area contributed by atoms with Crippen molar-refractivity contribution in [3.63, 3.8) is 0 Å². The van der Waals surface area contributed by atoms with Crippen LogP contribution in [-0.2, 0) is 12.6 Å². The Morgan fingerprint density at radius 3 is 2.14 bits per heavy atom. The predicted molar refractivity (Wildman–Crippen MR) is 80.1 cm³/mol. The van der Waals surface area contributed by atoms with Gasteiger partial charge in [0.15, 0.2) is 0 Å². The summed E-state index contributed by atoms with van der Waals surface area (Å²) in [7, 11) is 0. The SMILES string of the molecule is Nc1cc(C(F)(F)F)cc(-c2ccc(CCCl)cc2)c1N. The summed E-state index contributed by atoms with van der Waals surface area (Å²) in [6.45, 7) is 0. The maximum Gasteiger partial charge on any atom is 0.416 e. The van der Waals surface area contributed by atoms with Crippen molar-refractivity contribution in [2.45, 2.75) is 12.6 Å². The van der Waals surface area contributed by atoms with Gasteiger partial charge in [-0.3, -0.25) is 0 Å². The summed E-state index contributed by atoms with van der Waals surface area (Å²) in [5.41, 5.74) is 12.5. The number of benzene rings is 2. The summed E-state index contributed by atoms with van der Waals surface area (Å²) >= 11 is 5.65. The normalized spacial score (nSPS) is 11.6. The lowest BCUT2D eigenvalue weighted by Gasteiger charge is -2.14. The first-order valence-electron chi connectivity index (χ1n) is 6.24. The lowest BCUT2D eigenvalue weighted by molar-refractivity contribution is -0.137. The minimum Gasteiger partial charge on any atom is -0.397 e. The van der Waals surface area contributed by atoms with E-state index in [1.54, 1.807) is 12.1 Å². The minimum atomic E-state index is -4.46. The number of aryl methyl sites for hydroxylation is 1. The molecule has 0 aliphatic heterocycles. The Balaban J connectivity index is 2.49. The number of hydrogen-bond acceptors (Lipinski definition) is 2. The second-order valence-electron chi connectivity index (χ2n) is 4.66. The first-order chi connectivity index (χ1) is 9.82. The zero-order valence-electron chi connectivity index (χ0n) is 11.0. The fraction of sp³-hybridized carbons (Fsp3) is 0.200. The van der Waals surface area contributed by atoms with Crippen LogP contribution >= 0.6 is 11.6 Å². The lowest BCUT2D eigenvalue weighted by Crippen LogP contribution is -2.08. The van der Waals surface area contributed by atoms with Crippen molar-refractivity contribution in [1.82, 2.24) is 0 Å². The van der Waals surface area contributed by atoms with Crippen LogP contribution in [0.25, 0.3) is 11.1 Å². The van der Waals surface area contributed by atoms with Crippen LogP contribution in [0.4, 0.5) is 24.5 Å². The second kappa shape index (κ2) is 5.85. The van der Waals surface area contributed by atoms with Gasteiger partial charge in [0.2, 0.25) is 0 Å². The smallest absolute Gasteiger partial charge is 0.397 e. The summed E-state index contributed by atoms with van der Waals surface area (Å²) in [5.74, 6) is 0.484. The van der Waals surface area contributed by atoms with Gasteiger partial charge in [0, 0.05) is 11.4 Å². The van der Waals surface area contributed by atoms with Crippen molar-refractivity contribution in [2.24, 2.45) is 0 Å². The van der Waals surface area contributed by atoms with Gasteiger partial charge in [-0.25, -0.2) is 0 Å². The zero-order valence-corrected chi connectivity index (χ0v) is 11.8. The molecule has 0 saturated heterocycles. The molecule has 0 bridgehead atoms. The number of nitrogen functional groups attached to an aromatic ring is 2. The molecule has 2 aromatic carbocycles. The first-order valence-corrected chi connectivity index (χ1v) is 6.78. The van der Waals surface area contributed by atoms with Gasteiger partial charge in [0.1, 0.15) is 0 Å². The first kappa shape index (κ1) is 15.5. The van der Waals surface area contributed by atoms with Gasteiger partial charge < -0.3 is 11.5 Å². The monoisotopic (exact) mass is 314 g/mol. The molecule has 0 fully saturated rings. The Hall–Kier alpha value is -1.88. The Bertz CT molecular complexity index is 637. The van der Waals surface area contributed by atoms with E-state index in [1.807, 2.05) is 12.1 Å². The van der Waals surface area contributed by atoms with Crippen LogP contribution in [0.1, 0.15) is 11.1 Å². The molecule has 2 rings (SSSR count). The fourth-order valence-electron chi connectivity index (χ4n) is 2.04. The molecule has 112 valence electrons. The molecule has 0 atom stereocenters. The van der Waals surface area contributed by atoms with E-state index in [4.69, 9.17) is 23.1 Å². The molecule has 0 unspecified atom stereocenters. The molecule has 4 N–H and O–H groups in total. The van der Waals surface area contributed by atoms with E-state index in [0.717, 1.165) is 17.7 Å². The molecule has 0 aliphatic carbocycles. The van der Waals surface area contributed by atoms with Gasteiger partial charge in [-0.15, -0.1) is 11.6 Å². The van der Waals surface area contributed by atoms with Crippen molar-refractivity contribution in [3.8, 4) is 11.1 Å².